The molecule has 0 bridgehead atoms. The van der Waals surface area contributed by atoms with E-state index in [1.165, 1.54) is 5.57 Å². The minimum atomic E-state index is -0.937. The van der Waals surface area contributed by atoms with Gasteiger partial charge in [0.1, 0.15) is 12.1 Å². The van der Waals surface area contributed by atoms with E-state index >= 15 is 0 Å². The van der Waals surface area contributed by atoms with Crippen LogP contribution >= 0.6 is 0 Å². The van der Waals surface area contributed by atoms with E-state index in [2.05, 4.69) is 34.3 Å². The Morgan fingerprint density at radius 1 is 1.05 bits per heavy atom. The van der Waals surface area contributed by atoms with Gasteiger partial charge in [0, 0.05) is 12.2 Å². The lowest BCUT2D eigenvalue weighted by Gasteiger charge is -2.25. The summed E-state index contributed by atoms with van der Waals surface area (Å²) in [5, 5.41) is 19.9. The average molecular weight is 572 g/mol. The molecule has 5 atom stereocenters. The van der Waals surface area contributed by atoms with Crippen LogP contribution < -0.4 is 27.0 Å². The first-order valence-electron chi connectivity index (χ1n) is 14.5. The van der Waals surface area contributed by atoms with Crippen LogP contribution in [-0.4, -0.2) is 54.3 Å². The predicted molar refractivity (Wildman–Crippen MR) is 156 cm³/mol. The molecule has 1 aromatic carbocycles. The molecule has 2 aliphatic carbocycles. The van der Waals surface area contributed by atoms with Crippen LogP contribution in [0.2, 0.25) is 0 Å². The third kappa shape index (κ3) is 10.1. The van der Waals surface area contributed by atoms with Crippen LogP contribution in [0.5, 0.6) is 0 Å². The van der Waals surface area contributed by atoms with E-state index in [9.17, 15) is 24.3 Å². The summed E-state index contributed by atoms with van der Waals surface area (Å²) >= 11 is 0. The van der Waals surface area contributed by atoms with Gasteiger partial charge in [-0.05, 0) is 86.8 Å². The number of rotatable bonds is 13. The molecule has 0 spiro atoms. The van der Waals surface area contributed by atoms with Crippen LogP contribution in [-0.2, 0) is 20.9 Å². The number of benzene rings is 1. The Kier molecular flexibility index (Phi) is 12.0. The van der Waals surface area contributed by atoms with E-state index < -0.39 is 36.0 Å². The number of nitrogens with one attached hydrogen (secondary N) is 4. The summed E-state index contributed by atoms with van der Waals surface area (Å²) in [4.78, 5) is 50.1. The quantitative estimate of drug-likeness (QED) is 0.157. The third-order valence-electron chi connectivity index (χ3n) is 8.01. The highest BCUT2D eigenvalue weighted by molar-refractivity contribution is 5.98. The molecule has 7 N–H and O–H groups in total. The molecule has 226 valence electrons. The number of fused-ring (bicyclic) bond motifs is 1. The highest BCUT2D eigenvalue weighted by Gasteiger charge is 2.49. The number of ether oxygens (including phenoxy) is 1. The second kappa shape index (κ2) is 15.4. The van der Waals surface area contributed by atoms with Crippen molar-refractivity contribution in [3.05, 3.63) is 41.5 Å². The average Bonchev–Trinajstić information content (AvgIpc) is 3.59. The van der Waals surface area contributed by atoms with Gasteiger partial charge in [0.25, 0.3) is 0 Å². The molecule has 0 aromatic heterocycles. The first-order chi connectivity index (χ1) is 19.6. The molecular weight excluding hydrogens is 526 g/mol. The van der Waals surface area contributed by atoms with Gasteiger partial charge in [-0.15, -0.1) is 0 Å². The Morgan fingerprint density at radius 3 is 2.41 bits per heavy atom. The molecule has 5 amide bonds. The molecular formula is C30H45N5O6. The fraction of sp³-hybridized carbons (Fsp3) is 0.600. The van der Waals surface area contributed by atoms with E-state index in [0.29, 0.717) is 42.0 Å². The van der Waals surface area contributed by atoms with Gasteiger partial charge in [-0.1, -0.05) is 37.6 Å². The lowest BCUT2D eigenvalue weighted by Crippen LogP contribution is -2.54. The number of amides is 5. The molecule has 0 saturated heterocycles. The predicted octanol–water partition coefficient (Wildman–Crippen LogP) is 3.18. The fourth-order valence-electron chi connectivity index (χ4n) is 5.49. The van der Waals surface area contributed by atoms with Gasteiger partial charge < -0.3 is 36.8 Å². The number of anilines is 1. The summed E-state index contributed by atoms with van der Waals surface area (Å²) in [6, 6.07) is 4.15. The number of nitrogens with two attached hydrogens (primary N) is 1. The zero-order chi connectivity index (χ0) is 29.9. The van der Waals surface area contributed by atoms with Crippen LogP contribution in [0.25, 0.3) is 0 Å². The zero-order valence-electron chi connectivity index (χ0n) is 24.3. The maximum absolute atomic E-state index is 13.3. The first-order valence-corrected chi connectivity index (χ1v) is 14.5. The highest BCUT2D eigenvalue weighted by Crippen LogP contribution is 2.53. The van der Waals surface area contributed by atoms with Crippen LogP contribution in [0.4, 0.5) is 15.3 Å². The lowest BCUT2D eigenvalue weighted by molar-refractivity contribution is -0.128. The number of allylic oxidation sites excluding steroid dienone is 2. The Labute approximate surface area is 242 Å². The molecule has 0 radical (unpaired) electrons. The van der Waals surface area contributed by atoms with Gasteiger partial charge in [-0.2, -0.15) is 0 Å². The summed E-state index contributed by atoms with van der Waals surface area (Å²) in [5.41, 5.74) is 7.75. The van der Waals surface area contributed by atoms with Gasteiger partial charge >= 0.3 is 12.1 Å². The van der Waals surface area contributed by atoms with E-state index in [4.69, 9.17) is 10.5 Å². The smallest absolute Gasteiger partial charge is 0.407 e. The van der Waals surface area contributed by atoms with Crippen LogP contribution in [0.15, 0.2) is 35.9 Å². The van der Waals surface area contributed by atoms with Gasteiger partial charge in [0.15, 0.2) is 0 Å². The first kappa shape index (κ1) is 31.9. The minimum Gasteiger partial charge on any atom is -0.449 e. The van der Waals surface area contributed by atoms with E-state index in [1.807, 2.05) is 0 Å². The number of aliphatic hydroxyl groups is 1. The molecule has 2 aliphatic rings. The van der Waals surface area contributed by atoms with Crippen molar-refractivity contribution in [2.75, 3.05) is 18.5 Å². The molecule has 1 saturated carbocycles. The van der Waals surface area contributed by atoms with E-state index in [-0.39, 0.29) is 25.5 Å². The van der Waals surface area contributed by atoms with Crippen molar-refractivity contribution in [3.63, 3.8) is 0 Å². The lowest BCUT2D eigenvalue weighted by atomic mass is 10.0. The van der Waals surface area contributed by atoms with E-state index in [1.54, 1.807) is 38.1 Å². The van der Waals surface area contributed by atoms with Crippen LogP contribution in [0.3, 0.4) is 0 Å². The minimum absolute atomic E-state index is 0.120. The molecule has 1 aromatic rings. The number of alkyl carbamates (subject to hydrolysis) is 1. The topological polar surface area (TPSA) is 172 Å². The molecule has 3 rings (SSSR count). The Hall–Kier alpha value is -3.60. The standard InChI is InChI=1S/C30H45N5O6/c1-18(2)26(35-30(40)41-17-24-22-7-4-6-19(3)9-14-23(22)24)28(38)34-25(8-5-15-32-29(31)39)27(37)33-21-12-10-20(16-36)11-13-21/h6,10-13,18,22-26,36H,4-5,7-9,14-17H2,1-3H3,(H,33,37)(H,34,38)(H,35,40)(H3,31,32,39)/b19-6-/t22-,23?,24-,25?,26-/m0/s1. The van der Waals surface area contributed by atoms with E-state index in [0.717, 1.165) is 25.7 Å². The number of carbonyl (C=O) groups excluding carboxylic acids is 4. The van der Waals surface area contributed by atoms with Crippen molar-refractivity contribution in [2.45, 2.75) is 78.0 Å². The molecule has 11 nitrogen and oxygen atoms in total. The van der Waals surface area contributed by atoms with Crippen LogP contribution in [0.1, 0.15) is 64.9 Å². The van der Waals surface area contributed by atoms with Crippen molar-refractivity contribution < 1.29 is 29.0 Å². The molecule has 0 aliphatic heterocycles. The second-order valence-electron chi connectivity index (χ2n) is 11.5. The van der Waals surface area contributed by atoms with Crippen molar-refractivity contribution in [3.8, 4) is 0 Å². The van der Waals surface area contributed by atoms with Gasteiger partial charge in [0.05, 0.1) is 13.2 Å². The number of hydrogen-bond donors (Lipinski definition) is 6. The van der Waals surface area contributed by atoms with Gasteiger partial charge in [-0.3, -0.25) is 9.59 Å². The molecule has 41 heavy (non-hydrogen) atoms. The largest absolute Gasteiger partial charge is 0.449 e. The Morgan fingerprint density at radius 2 is 1.76 bits per heavy atom. The van der Waals surface area contributed by atoms with Gasteiger partial charge in [0.2, 0.25) is 11.8 Å². The number of primary amides is 1. The summed E-state index contributed by atoms with van der Waals surface area (Å²) in [6.45, 7) is 6.22. The third-order valence-corrected chi connectivity index (χ3v) is 8.01. The molecule has 0 heterocycles. The number of carbonyl (C=O) groups is 4. The summed E-state index contributed by atoms with van der Waals surface area (Å²) in [5.74, 6) is 0.300. The fourth-order valence-corrected chi connectivity index (χ4v) is 5.49. The molecule has 1 fully saturated rings. The SMILES string of the molecule is C/C1=C/CC[C@H]2C(CC1)[C@H]2COC(=O)N[C@H](C(=O)NC(CCCNC(N)=O)C(=O)Nc1ccc(CO)cc1)C(C)C. The maximum Gasteiger partial charge on any atom is 0.407 e. The number of hydrogen-bond acceptors (Lipinski definition) is 6. The number of aliphatic hydroxyl groups excluding tert-OH is 1. The van der Waals surface area contributed by atoms with Gasteiger partial charge in [-0.25, -0.2) is 9.59 Å². The maximum atomic E-state index is 13.3. The monoisotopic (exact) mass is 571 g/mol. The molecule has 11 heteroatoms. The normalized spacial score (nSPS) is 22.5. The van der Waals surface area contributed by atoms with Crippen molar-refractivity contribution in [1.29, 1.82) is 0 Å². The van der Waals surface area contributed by atoms with Crippen LogP contribution in [0, 0.1) is 23.7 Å². The zero-order valence-corrected chi connectivity index (χ0v) is 24.3. The summed E-state index contributed by atoms with van der Waals surface area (Å²) < 4.78 is 5.55. The number of urea groups is 1. The Balaban J connectivity index is 1.56. The second-order valence-corrected chi connectivity index (χ2v) is 11.5. The summed E-state index contributed by atoms with van der Waals surface area (Å²) in [6.07, 6.45) is 6.63. The molecule has 2 unspecified atom stereocenters. The van der Waals surface area contributed by atoms with Crippen molar-refractivity contribution in [2.24, 2.45) is 29.4 Å². The van der Waals surface area contributed by atoms with Crippen molar-refractivity contribution >= 4 is 29.6 Å². The Bertz CT molecular complexity index is 1090. The van der Waals surface area contributed by atoms with Crippen molar-refractivity contribution in [1.82, 2.24) is 16.0 Å². The summed E-state index contributed by atoms with van der Waals surface area (Å²) in [7, 11) is 0. The highest BCUT2D eigenvalue weighted by atomic mass is 16.5.